The summed E-state index contributed by atoms with van der Waals surface area (Å²) in [5.74, 6) is 1.82. The first kappa shape index (κ1) is 10.6. The number of fused-ring (bicyclic) bond motifs is 1. The first-order valence-electron chi connectivity index (χ1n) is 6.74. The number of likely N-dealkylation sites (tertiary alicyclic amines) is 1. The van der Waals surface area contributed by atoms with Gasteiger partial charge in [0.2, 0.25) is 5.91 Å². The average molecular weight is 222 g/mol. The Morgan fingerprint density at radius 1 is 1.31 bits per heavy atom. The molecule has 1 aliphatic carbocycles. The highest BCUT2D eigenvalue weighted by molar-refractivity contribution is 5.75. The van der Waals surface area contributed by atoms with Crippen LogP contribution in [-0.2, 0) is 4.79 Å². The summed E-state index contributed by atoms with van der Waals surface area (Å²) in [7, 11) is 0. The van der Waals surface area contributed by atoms with Crippen molar-refractivity contribution in [3.8, 4) is 0 Å². The molecule has 0 spiro atoms. The van der Waals surface area contributed by atoms with E-state index in [0.717, 1.165) is 25.6 Å². The number of carbonyl (C=O) groups excluding carboxylic acids is 1. The van der Waals surface area contributed by atoms with Crippen LogP contribution < -0.4 is 5.32 Å². The van der Waals surface area contributed by atoms with Crippen molar-refractivity contribution in [3.63, 3.8) is 0 Å². The van der Waals surface area contributed by atoms with Gasteiger partial charge in [-0.2, -0.15) is 0 Å². The Labute approximate surface area is 97.6 Å². The number of rotatable bonds is 1. The Hall–Kier alpha value is -0.570. The molecule has 2 aliphatic heterocycles. The van der Waals surface area contributed by atoms with Gasteiger partial charge in [-0.3, -0.25) is 4.79 Å². The topological polar surface area (TPSA) is 32.3 Å². The van der Waals surface area contributed by atoms with Gasteiger partial charge in [-0.15, -0.1) is 0 Å². The van der Waals surface area contributed by atoms with Gasteiger partial charge < -0.3 is 10.2 Å². The van der Waals surface area contributed by atoms with E-state index in [9.17, 15) is 4.79 Å². The summed E-state index contributed by atoms with van der Waals surface area (Å²) in [6, 6.07) is 0. The number of hydrogen-bond acceptors (Lipinski definition) is 2. The van der Waals surface area contributed by atoms with Crippen LogP contribution in [0.5, 0.6) is 0 Å². The molecule has 1 amide bonds. The Kier molecular flexibility index (Phi) is 2.46. The Bertz CT molecular complexity index is 298. The zero-order valence-electron chi connectivity index (χ0n) is 10.2. The van der Waals surface area contributed by atoms with Crippen LogP contribution in [0.25, 0.3) is 0 Å². The smallest absolute Gasteiger partial charge is 0.219 e. The molecule has 3 nitrogen and oxygen atoms in total. The van der Waals surface area contributed by atoms with Gasteiger partial charge in [-0.1, -0.05) is 0 Å². The van der Waals surface area contributed by atoms with Crippen molar-refractivity contribution < 1.29 is 4.79 Å². The molecule has 2 saturated heterocycles. The SMILES string of the molecule is CC(=O)N1CCC2CCC21C1CCCNC1. The third-order valence-corrected chi connectivity index (χ3v) is 5.19. The van der Waals surface area contributed by atoms with Crippen LogP contribution >= 0.6 is 0 Å². The van der Waals surface area contributed by atoms with Crippen LogP contribution in [0.3, 0.4) is 0 Å². The lowest BCUT2D eigenvalue weighted by molar-refractivity contribution is -0.142. The van der Waals surface area contributed by atoms with Gasteiger partial charge in [0.1, 0.15) is 0 Å². The van der Waals surface area contributed by atoms with Crippen LogP contribution in [-0.4, -0.2) is 36.0 Å². The fourth-order valence-electron chi connectivity index (χ4n) is 4.37. The molecule has 3 unspecified atom stereocenters. The summed E-state index contributed by atoms with van der Waals surface area (Å²) in [6.07, 6.45) is 6.44. The van der Waals surface area contributed by atoms with Crippen LogP contribution in [0.15, 0.2) is 0 Å². The second-order valence-electron chi connectivity index (χ2n) is 5.73. The van der Waals surface area contributed by atoms with Gasteiger partial charge in [0.05, 0.1) is 0 Å². The highest BCUT2D eigenvalue weighted by Crippen LogP contribution is 2.55. The number of amides is 1. The number of hydrogen-bond donors (Lipinski definition) is 1. The first-order valence-corrected chi connectivity index (χ1v) is 6.74. The molecule has 0 aromatic heterocycles. The average Bonchev–Trinajstić information content (AvgIpc) is 2.52. The van der Waals surface area contributed by atoms with Crippen LogP contribution in [0.4, 0.5) is 0 Å². The fourth-order valence-corrected chi connectivity index (χ4v) is 4.37. The molecule has 2 heterocycles. The van der Waals surface area contributed by atoms with Crippen LogP contribution in [0.1, 0.15) is 39.0 Å². The zero-order valence-corrected chi connectivity index (χ0v) is 10.2. The van der Waals surface area contributed by atoms with Crippen molar-refractivity contribution in [1.29, 1.82) is 0 Å². The molecule has 3 aliphatic rings. The summed E-state index contributed by atoms with van der Waals surface area (Å²) in [5, 5.41) is 3.51. The first-order chi connectivity index (χ1) is 7.75. The summed E-state index contributed by atoms with van der Waals surface area (Å²) in [5.41, 5.74) is 0.263. The molecule has 3 heteroatoms. The van der Waals surface area contributed by atoms with Gasteiger partial charge in [0, 0.05) is 25.6 Å². The molecule has 3 rings (SSSR count). The molecule has 3 fully saturated rings. The quantitative estimate of drug-likeness (QED) is 0.727. The maximum atomic E-state index is 11.8. The largest absolute Gasteiger partial charge is 0.337 e. The van der Waals surface area contributed by atoms with Crippen molar-refractivity contribution in [2.24, 2.45) is 11.8 Å². The molecule has 3 atom stereocenters. The molecule has 16 heavy (non-hydrogen) atoms. The minimum atomic E-state index is 0.263. The maximum absolute atomic E-state index is 11.8. The van der Waals surface area contributed by atoms with Crippen molar-refractivity contribution in [3.05, 3.63) is 0 Å². The standard InChI is InChI=1S/C13H22N2O/c1-10(16)15-8-5-11-4-6-13(11,15)12-3-2-7-14-9-12/h11-12,14H,2-9H2,1H3. The number of nitrogens with zero attached hydrogens (tertiary/aromatic N) is 1. The molecule has 1 N–H and O–H groups in total. The third kappa shape index (κ3) is 1.27. The minimum absolute atomic E-state index is 0.263. The maximum Gasteiger partial charge on any atom is 0.219 e. The summed E-state index contributed by atoms with van der Waals surface area (Å²) in [6.45, 7) is 5.05. The minimum Gasteiger partial charge on any atom is -0.337 e. The van der Waals surface area contributed by atoms with Crippen molar-refractivity contribution in [1.82, 2.24) is 10.2 Å². The molecule has 0 aromatic rings. The fraction of sp³-hybridized carbons (Fsp3) is 0.923. The summed E-state index contributed by atoms with van der Waals surface area (Å²) < 4.78 is 0. The van der Waals surface area contributed by atoms with E-state index in [2.05, 4.69) is 10.2 Å². The van der Waals surface area contributed by atoms with Gasteiger partial charge >= 0.3 is 0 Å². The van der Waals surface area contributed by atoms with E-state index in [0.29, 0.717) is 11.8 Å². The van der Waals surface area contributed by atoms with Crippen molar-refractivity contribution in [2.45, 2.75) is 44.6 Å². The van der Waals surface area contributed by atoms with Crippen LogP contribution in [0, 0.1) is 11.8 Å². The number of piperidine rings is 1. The predicted octanol–water partition coefficient (Wildman–Crippen LogP) is 1.39. The monoisotopic (exact) mass is 222 g/mol. The molecular weight excluding hydrogens is 200 g/mol. The predicted molar refractivity (Wildman–Crippen MR) is 63.1 cm³/mol. The van der Waals surface area contributed by atoms with E-state index < -0.39 is 0 Å². The molecular formula is C13H22N2O. The Morgan fingerprint density at radius 2 is 2.19 bits per heavy atom. The highest BCUT2D eigenvalue weighted by Gasteiger charge is 2.59. The van der Waals surface area contributed by atoms with E-state index in [-0.39, 0.29) is 5.54 Å². The van der Waals surface area contributed by atoms with Gasteiger partial charge in [-0.25, -0.2) is 0 Å². The lowest BCUT2D eigenvalue weighted by Crippen LogP contribution is -2.63. The normalized spacial score (nSPS) is 42.7. The molecule has 90 valence electrons. The Morgan fingerprint density at radius 3 is 2.75 bits per heavy atom. The van der Waals surface area contributed by atoms with Crippen molar-refractivity contribution >= 4 is 5.91 Å². The highest BCUT2D eigenvalue weighted by atomic mass is 16.2. The van der Waals surface area contributed by atoms with E-state index >= 15 is 0 Å². The van der Waals surface area contributed by atoms with E-state index in [4.69, 9.17) is 0 Å². The lowest BCUT2D eigenvalue weighted by atomic mass is 9.59. The molecule has 0 radical (unpaired) electrons. The van der Waals surface area contributed by atoms with E-state index in [1.165, 1.54) is 32.1 Å². The molecule has 1 saturated carbocycles. The van der Waals surface area contributed by atoms with Crippen molar-refractivity contribution in [2.75, 3.05) is 19.6 Å². The molecule has 0 aromatic carbocycles. The molecule has 0 bridgehead atoms. The second kappa shape index (κ2) is 3.73. The summed E-state index contributed by atoms with van der Waals surface area (Å²) >= 11 is 0. The number of carbonyl (C=O) groups is 1. The van der Waals surface area contributed by atoms with Gasteiger partial charge in [-0.05, 0) is 50.5 Å². The second-order valence-corrected chi connectivity index (χ2v) is 5.73. The van der Waals surface area contributed by atoms with Gasteiger partial charge in [0.25, 0.3) is 0 Å². The third-order valence-electron chi connectivity index (χ3n) is 5.19. The van der Waals surface area contributed by atoms with E-state index in [1.807, 2.05) is 0 Å². The summed E-state index contributed by atoms with van der Waals surface area (Å²) in [4.78, 5) is 14.0. The van der Waals surface area contributed by atoms with Gasteiger partial charge in [0.15, 0.2) is 0 Å². The zero-order chi connectivity index (χ0) is 11.2. The lowest BCUT2D eigenvalue weighted by Gasteiger charge is -2.55. The van der Waals surface area contributed by atoms with Crippen LogP contribution in [0.2, 0.25) is 0 Å². The Balaban J connectivity index is 1.85. The van der Waals surface area contributed by atoms with E-state index in [1.54, 1.807) is 6.92 Å². The number of nitrogens with one attached hydrogen (secondary N) is 1.